The van der Waals surface area contributed by atoms with E-state index < -0.39 is 5.82 Å². The molecule has 8 nitrogen and oxygen atoms in total. The van der Waals surface area contributed by atoms with E-state index in [1.165, 1.54) is 12.4 Å². The minimum absolute atomic E-state index is 0.00322. The molecule has 188 valence electrons. The number of carbonyl (C=O) groups excluding carboxylic acids is 2. The Labute approximate surface area is 213 Å². The molecule has 3 N–H and O–H groups in total. The van der Waals surface area contributed by atoms with Crippen LogP contribution in [0.25, 0.3) is 33.4 Å². The summed E-state index contributed by atoms with van der Waals surface area (Å²) >= 11 is 0. The Morgan fingerprint density at radius 3 is 2.43 bits per heavy atom. The fraction of sp³-hybridized carbons (Fsp3) is 0.214. The van der Waals surface area contributed by atoms with Crippen LogP contribution in [0.5, 0.6) is 0 Å². The lowest BCUT2D eigenvalue weighted by atomic mass is 9.97. The quantitative estimate of drug-likeness (QED) is 0.386. The van der Waals surface area contributed by atoms with Crippen molar-refractivity contribution in [3.63, 3.8) is 0 Å². The number of anilines is 2. The molecular weight excluding hydrogens is 471 g/mol. The Morgan fingerprint density at radius 1 is 1.08 bits per heavy atom. The summed E-state index contributed by atoms with van der Waals surface area (Å²) in [6.45, 7) is 6.73. The molecular formula is C28H27FN6O2. The zero-order valence-corrected chi connectivity index (χ0v) is 20.7. The van der Waals surface area contributed by atoms with Crippen molar-refractivity contribution in [3.8, 4) is 22.4 Å². The second-order valence-electron chi connectivity index (χ2n) is 9.25. The summed E-state index contributed by atoms with van der Waals surface area (Å²) in [5, 5.41) is 3.23. The van der Waals surface area contributed by atoms with E-state index in [1.54, 1.807) is 42.8 Å². The number of rotatable bonds is 5. The molecule has 0 bridgehead atoms. The van der Waals surface area contributed by atoms with Crippen LogP contribution in [0, 0.1) is 5.82 Å². The number of nitrogens with two attached hydrogens (primary N) is 1. The topological polar surface area (TPSA) is 106 Å². The first-order valence-corrected chi connectivity index (χ1v) is 12.0. The summed E-state index contributed by atoms with van der Waals surface area (Å²) < 4.78 is 17.3. The number of carbonyl (C=O) groups is 2. The largest absolute Gasteiger partial charge is 0.383 e. The molecule has 2 aromatic heterocycles. The van der Waals surface area contributed by atoms with Gasteiger partial charge >= 0.3 is 0 Å². The monoisotopic (exact) mass is 498 g/mol. The predicted octanol–water partition coefficient (Wildman–Crippen LogP) is 4.77. The van der Waals surface area contributed by atoms with E-state index in [9.17, 15) is 9.59 Å². The van der Waals surface area contributed by atoms with Crippen molar-refractivity contribution in [3.05, 3.63) is 72.3 Å². The first-order valence-electron chi connectivity index (χ1n) is 12.0. The summed E-state index contributed by atoms with van der Waals surface area (Å²) in [5.41, 5.74) is 10.3. The Morgan fingerprint density at radius 2 is 1.78 bits per heavy atom. The Bertz CT molecular complexity index is 1550. The number of aromatic nitrogens is 3. The summed E-state index contributed by atoms with van der Waals surface area (Å²) in [7, 11) is 1.79. The van der Waals surface area contributed by atoms with Gasteiger partial charge in [0.15, 0.2) is 0 Å². The van der Waals surface area contributed by atoms with Gasteiger partial charge in [0.1, 0.15) is 23.6 Å². The number of aryl methyl sites for hydroxylation is 1. The van der Waals surface area contributed by atoms with Gasteiger partial charge in [0.2, 0.25) is 0 Å². The van der Waals surface area contributed by atoms with Crippen LogP contribution in [0.15, 0.2) is 60.9 Å². The van der Waals surface area contributed by atoms with Gasteiger partial charge in [-0.2, -0.15) is 0 Å². The summed E-state index contributed by atoms with van der Waals surface area (Å²) in [4.78, 5) is 35.3. The first kappa shape index (κ1) is 24.2. The molecule has 9 heteroatoms. The van der Waals surface area contributed by atoms with Crippen molar-refractivity contribution in [2.75, 3.05) is 24.1 Å². The summed E-state index contributed by atoms with van der Waals surface area (Å²) in [6.07, 6.45) is 3.41. The molecule has 0 atom stereocenters. The third-order valence-electron chi connectivity index (χ3n) is 6.68. The average Bonchev–Trinajstić information content (AvgIpc) is 3.52. The molecule has 2 amide bonds. The van der Waals surface area contributed by atoms with Crippen LogP contribution < -0.4 is 11.1 Å². The molecule has 0 radical (unpaired) electrons. The molecule has 1 saturated heterocycles. The first-order chi connectivity index (χ1) is 17.8. The molecule has 37 heavy (non-hydrogen) atoms. The van der Waals surface area contributed by atoms with E-state index >= 15 is 4.39 Å². The Hall–Kier alpha value is -4.53. The van der Waals surface area contributed by atoms with Gasteiger partial charge in [-0.15, -0.1) is 0 Å². The lowest BCUT2D eigenvalue weighted by Gasteiger charge is -2.16. The normalized spacial score (nSPS) is 13.2. The molecule has 1 fully saturated rings. The van der Waals surface area contributed by atoms with Crippen LogP contribution in [0.4, 0.5) is 15.9 Å². The fourth-order valence-corrected chi connectivity index (χ4v) is 4.78. The van der Waals surface area contributed by atoms with E-state index in [0.717, 1.165) is 31.5 Å². The molecule has 1 aliphatic heterocycles. The average molecular weight is 499 g/mol. The maximum absolute atomic E-state index is 15.5. The fourth-order valence-electron chi connectivity index (χ4n) is 4.78. The molecule has 5 rings (SSSR count). The Kier molecular flexibility index (Phi) is 6.20. The van der Waals surface area contributed by atoms with Crippen molar-refractivity contribution in [2.24, 2.45) is 7.05 Å². The van der Waals surface area contributed by atoms with Crippen molar-refractivity contribution in [2.45, 2.75) is 19.8 Å². The zero-order valence-electron chi connectivity index (χ0n) is 20.7. The van der Waals surface area contributed by atoms with E-state index in [-0.39, 0.29) is 17.6 Å². The number of benzene rings is 2. The van der Waals surface area contributed by atoms with Crippen LogP contribution >= 0.6 is 0 Å². The molecule has 3 heterocycles. The molecule has 0 saturated carbocycles. The lowest BCUT2D eigenvalue weighted by molar-refractivity contribution is -0.112. The number of hydrogen-bond donors (Lipinski definition) is 2. The highest BCUT2D eigenvalue weighted by Crippen LogP contribution is 2.42. The van der Waals surface area contributed by atoms with Crippen molar-refractivity contribution < 1.29 is 14.0 Å². The second kappa shape index (κ2) is 9.50. The minimum atomic E-state index is -0.529. The van der Waals surface area contributed by atoms with Crippen LogP contribution in [0.1, 0.15) is 30.1 Å². The third kappa shape index (κ3) is 4.33. The van der Waals surface area contributed by atoms with Crippen molar-refractivity contribution in [1.82, 2.24) is 19.4 Å². The van der Waals surface area contributed by atoms with Gasteiger partial charge in [-0.05, 0) is 55.7 Å². The van der Waals surface area contributed by atoms with E-state index in [4.69, 9.17) is 5.73 Å². The number of nitrogen functional groups attached to an aromatic ring is 1. The highest BCUT2D eigenvalue weighted by molar-refractivity contribution is 6.08. The molecule has 2 aromatic carbocycles. The number of amides is 2. The minimum Gasteiger partial charge on any atom is -0.383 e. The molecule has 0 spiro atoms. The van der Waals surface area contributed by atoms with Gasteiger partial charge in [-0.25, -0.2) is 14.4 Å². The highest BCUT2D eigenvalue weighted by atomic mass is 19.1. The number of fused-ring (bicyclic) bond motifs is 1. The van der Waals surface area contributed by atoms with Crippen LogP contribution in [0.2, 0.25) is 0 Å². The van der Waals surface area contributed by atoms with Gasteiger partial charge < -0.3 is 20.5 Å². The maximum atomic E-state index is 15.5. The van der Waals surface area contributed by atoms with Crippen molar-refractivity contribution >= 4 is 34.4 Å². The second-order valence-corrected chi connectivity index (χ2v) is 9.25. The standard InChI is InChI=1S/C28H27FN6O2/c1-16(2)27(36)33-19-10-11-20(21(29)14-19)24-22(23-25(30)31-15-32-26(23)34(24)3)17-6-8-18(9-7-17)28(37)35-12-4-5-13-35/h6-11,14-15H,1,4-5,12-13H2,2-3H3,(H,33,36)(H2,30,31,32). The van der Waals surface area contributed by atoms with Gasteiger partial charge in [-0.3, -0.25) is 9.59 Å². The Balaban J connectivity index is 1.63. The molecule has 4 aromatic rings. The smallest absolute Gasteiger partial charge is 0.253 e. The number of nitrogens with one attached hydrogen (secondary N) is 1. The number of hydrogen-bond acceptors (Lipinski definition) is 5. The van der Waals surface area contributed by atoms with E-state index in [1.807, 2.05) is 17.0 Å². The number of nitrogens with zero attached hydrogens (tertiary/aromatic N) is 4. The number of halogens is 1. The van der Waals surface area contributed by atoms with E-state index in [0.29, 0.717) is 44.7 Å². The van der Waals surface area contributed by atoms with Crippen molar-refractivity contribution in [1.29, 1.82) is 0 Å². The van der Waals surface area contributed by atoms with Crippen LogP contribution in [-0.2, 0) is 11.8 Å². The number of likely N-dealkylation sites (tertiary alicyclic amines) is 1. The van der Waals surface area contributed by atoms with Crippen LogP contribution in [-0.4, -0.2) is 44.3 Å². The summed E-state index contributed by atoms with van der Waals surface area (Å²) in [5.74, 6) is -0.642. The van der Waals surface area contributed by atoms with Gasteiger partial charge in [0.25, 0.3) is 11.8 Å². The molecule has 0 aliphatic carbocycles. The third-order valence-corrected chi connectivity index (χ3v) is 6.68. The molecule has 0 unspecified atom stereocenters. The maximum Gasteiger partial charge on any atom is 0.253 e. The lowest BCUT2D eigenvalue weighted by Crippen LogP contribution is -2.27. The highest BCUT2D eigenvalue weighted by Gasteiger charge is 2.25. The SMILES string of the molecule is C=C(C)C(=O)Nc1ccc(-c2c(-c3ccc(C(=O)N4CCCC4)cc3)c3c(N)ncnc3n2C)c(F)c1. The zero-order chi connectivity index (χ0) is 26.3. The summed E-state index contributed by atoms with van der Waals surface area (Å²) in [6, 6.07) is 11.8. The van der Waals surface area contributed by atoms with Crippen LogP contribution in [0.3, 0.4) is 0 Å². The van der Waals surface area contributed by atoms with E-state index in [2.05, 4.69) is 21.9 Å². The van der Waals surface area contributed by atoms with Gasteiger partial charge in [0, 0.05) is 48.1 Å². The predicted molar refractivity (Wildman–Crippen MR) is 142 cm³/mol. The molecule has 1 aliphatic rings. The van der Waals surface area contributed by atoms with Gasteiger partial charge in [-0.1, -0.05) is 18.7 Å². The van der Waals surface area contributed by atoms with Gasteiger partial charge in [0.05, 0.1) is 11.1 Å².